The highest BCUT2D eigenvalue weighted by Crippen LogP contribution is 2.66. The van der Waals surface area contributed by atoms with Crippen LogP contribution in [-0.2, 0) is 19.2 Å². The lowest BCUT2D eigenvalue weighted by atomic mass is 9.56. The van der Waals surface area contributed by atoms with Crippen LogP contribution in [-0.4, -0.2) is 44.3 Å². The van der Waals surface area contributed by atoms with Crippen LogP contribution in [0.4, 0.5) is 33.3 Å². The maximum absolute atomic E-state index is 15.2. The molecule has 2 aliphatic heterocycles. The molecule has 4 aromatic rings. The number of aromatic hydroxyl groups is 1. The number of amides is 4. The molecule has 3 fully saturated rings. The summed E-state index contributed by atoms with van der Waals surface area (Å²) in [6.07, 6.45) is 0.750. The SMILES string of the molecule is O=C(c1ccccc1)c1ccc(N2C(=O)[C@H]3[C@H](CC=C4[C@H]3C[C@@]3(Cl)C(=O)N(c5c(F)c(F)c(F)c(F)c5F)C(=O)[C@@]3(Cl)[C@H]4c3ccccc3O)C2=O)cc1. The molecule has 0 radical (unpaired) electrons. The molecule has 0 aromatic heterocycles. The van der Waals surface area contributed by atoms with Gasteiger partial charge in [0, 0.05) is 22.6 Å². The Morgan fingerprint density at radius 1 is 0.685 bits per heavy atom. The molecule has 2 saturated heterocycles. The monoisotopic (exact) mass is 780 g/mol. The number of nitrogens with zero attached hydrogens (tertiary/aromatic N) is 2. The molecule has 8 rings (SSSR count). The van der Waals surface area contributed by atoms with Gasteiger partial charge in [-0.25, -0.2) is 26.9 Å². The second kappa shape index (κ2) is 12.3. The molecule has 0 unspecified atom stereocenters. The van der Waals surface area contributed by atoms with Crippen molar-refractivity contribution in [1.29, 1.82) is 0 Å². The van der Waals surface area contributed by atoms with Crippen LogP contribution in [0, 0.1) is 46.8 Å². The van der Waals surface area contributed by atoms with Crippen molar-refractivity contribution >= 4 is 64.0 Å². The molecule has 4 aliphatic rings. The number of hydrogen-bond acceptors (Lipinski definition) is 6. The second-order valence-corrected chi connectivity index (χ2v) is 14.7. The Labute approximate surface area is 312 Å². The van der Waals surface area contributed by atoms with E-state index in [2.05, 4.69) is 0 Å². The Bertz CT molecular complexity index is 2370. The number of anilines is 2. The Morgan fingerprint density at radius 3 is 1.89 bits per heavy atom. The van der Waals surface area contributed by atoms with Crippen molar-refractivity contribution in [2.45, 2.75) is 28.5 Å². The van der Waals surface area contributed by atoms with Gasteiger partial charge >= 0.3 is 0 Å². The summed E-state index contributed by atoms with van der Waals surface area (Å²) in [6.45, 7) is 0. The number of imide groups is 2. The molecule has 15 heteroatoms. The minimum absolute atomic E-state index is 0.0853. The standard InChI is InChI=1S/C39H23Cl2F5N2O6/c40-38-16-23-20(14-15-22-25(23)35(52)47(34(22)51)19-12-10-18(11-13-19)33(50)17-6-2-1-3-7-17)26(21-8-4-5-9-24(21)49)39(38,41)37(54)48(36(38)53)32-30(45)28(43)27(42)29(44)31(32)46/h1-14,22-23,25-26,49H,15-16H2/t22-,23+,25-,26+,38+,39-/m0/s1. The fourth-order valence-electron chi connectivity index (χ4n) is 8.42. The van der Waals surface area contributed by atoms with Crippen molar-refractivity contribution in [2.24, 2.45) is 17.8 Å². The predicted octanol–water partition coefficient (Wildman–Crippen LogP) is 7.09. The summed E-state index contributed by atoms with van der Waals surface area (Å²) in [5.74, 6) is -22.8. The number of benzene rings is 4. The van der Waals surface area contributed by atoms with E-state index in [0.29, 0.717) is 5.56 Å². The molecule has 54 heavy (non-hydrogen) atoms. The van der Waals surface area contributed by atoms with E-state index in [1.54, 1.807) is 30.3 Å². The number of para-hydroxylation sites is 1. The van der Waals surface area contributed by atoms with Crippen LogP contribution in [0.5, 0.6) is 5.75 Å². The second-order valence-electron chi connectivity index (χ2n) is 13.5. The zero-order valence-electron chi connectivity index (χ0n) is 27.3. The van der Waals surface area contributed by atoms with Gasteiger partial charge in [-0.1, -0.05) is 60.2 Å². The first kappa shape index (κ1) is 35.6. The molecule has 1 saturated carbocycles. The highest BCUT2D eigenvalue weighted by molar-refractivity contribution is 6.58. The van der Waals surface area contributed by atoms with Gasteiger partial charge < -0.3 is 5.11 Å². The molecule has 2 aliphatic carbocycles. The summed E-state index contributed by atoms with van der Waals surface area (Å²) < 4.78 is 73.4. The van der Waals surface area contributed by atoms with Crippen LogP contribution in [0.1, 0.15) is 40.2 Å². The lowest BCUT2D eigenvalue weighted by Crippen LogP contribution is -2.60. The van der Waals surface area contributed by atoms with Crippen LogP contribution in [0.3, 0.4) is 0 Å². The van der Waals surface area contributed by atoms with Crippen LogP contribution < -0.4 is 9.80 Å². The number of phenolic OH excluding ortho intramolecular Hbond substituents is 1. The van der Waals surface area contributed by atoms with Gasteiger partial charge in [0.25, 0.3) is 11.8 Å². The molecule has 8 nitrogen and oxygen atoms in total. The average molecular weight is 782 g/mol. The van der Waals surface area contributed by atoms with Crippen molar-refractivity contribution < 1.29 is 51.0 Å². The van der Waals surface area contributed by atoms with E-state index in [1.807, 2.05) is 0 Å². The molecule has 6 atom stereocenters. The van der Waals surface area contributed by atoms with Gasteiger partial charge in [0.05, 0.1) is 17.5 Å². The number of rotatable bonds is 5. The molecule has 0 bridgehead atoms. The first-order valence-corrected chi connectivity index (χ1v) is 17.2. The van der Waals surface area contributed by atoms with E-state index in [-0.39, 0.29) is 39.5 Å². The Kier molecular flexibility index (Phi) is 8.13. The topological polar surface area (TPSA) is 112 Å². The third-order valence-corrected chi connectivity index (χ3v) is 12.3. The molecule has 274 valence electrons. The maximum atomic E-state index is 15.2. The van der Waals surface area contributed by atoms with Gasteiger partial charge in [0.1, 0.15) is 11.4 Å². The highest BCUT2D eigenvalue weighted by Gasteiger charge is 2.77. The van der Waals surface area contributed by atoms with Crippen LogP contribution in [0.25, 0.3) is 0 Å². The normalized spacial score (nSPS) is 27.5. The van der Waals surface area contributed by atoms with Crippen LogP contribution in [0.15, 0.2) is 90.5 Å². The van der Waals surface area contributed by atoms with E-state index >= 15 is 8.78 Å². The van der Waals surface area contributed by atoms with Gasteiger partial charge in [-0.15, -0.1) is 23.2 Å². The number of allylic oxidation sites excluding steroid dienone is 2. The minimum Gasteiger partial charge on any atom is -0.508 e. The molecule has 4 aromatic carbocycles. The fourth-order valence-corrected chi connectivity index (χ4v) is 9.34. The third-order valence-electron chi connectivity index (χ3n) is 10.9. The van der Waals surface area contributed by atoms with Crippen molar-refractivity contribution in [3.63, 3.8) is 0 Å². The van der Waals surface area contributed by atoms with Crippen LogP contribution >= 0.6 is 23.2 Å². The quantitative estimate of drug-likeness (QED) is 0.0441. The fraction of sp³-hybridized carbons (Fsp3) is 0.205. The number of phenols is 1. The number of ketones is 1. The summed E-state index contributed by atoms with van der Waals surface area (Å²) in [5, 5.41) is 11.1. The molecular formula is C39H23Cl2F5N2O6. The Balaban J connectivity index is 1.23. The van der Waals surface area contributed by atoms with Gasteiger partial charge in [-0.3, -0.25) is 28.9 Å². The zero-order chi connectivity index (χ0) is 38.6. The molecule has 2 heterocycles. The van der Waals surface area contributed by atoms with E-state index in [1.165, 1.54) is 54.6 Å². The molecule has 1 N–H and O–H groups in total. The van der Waals surface area contributed by atoms with Crippen LogP contribution in [0.2, 0.25) is 0 Å². The van der Waals surface area contributed by atoms with Crippen molar-refractivity contribution in [2.75, 3.05) is 9.80 Å². The lowest BCUT2D eigenvalue weighted by Gasteiger charge is -2.50. The van der Waals surface area contributed by atoms with Gasteiger partial charge in [0.15, 0.2) is 38.8 Å². The summed E-state index contributed by atoms with van der Waals surface area (Å²) in [4.78, 5) is 65.1. The van der Waals surface area contributed by atoms with E-state index in [4.69, 9.17) is 23.2 Å². The van der Waals surface area contributed by atoms with E-state index < -0.39 is 104 Å². The first-order chi connectivity index (χ1) is 25.6. The van der Waals surface area contributed by atoms with Crippen molar-refractivity contribution in [1.82, 2.24) is 0 Å². The Hall–Kier alpha value is -5.40. The van der Waals surface area contributed by atoms with Gasteiger partial charge in [-0.2, -0.15) is 0 Å². The summed E-state index contributed by atoms with van der Waals surface area (Å²) in [6, 6.07) is 19.6. The molecular weight excluding hydrogens is 758 g/mol. The third kappa shape index (κ3) is 4.63. The molecule has 4 amide bonds. The lowest BCUT2D eigenvalue weighted by molar-refractivity contribution is -0.125. The van der Waals surface area contributed by atoms with Crippen molar-refractivity contribution in [3.8, 4) is 5.75 Å². The number of carbonyl (C=O) groups is 5. The Morgan fingerprint density at radius 2 is 1.26 bits per heavy atom. The zero-order valence-corrected chi connectivity index (χ0v) is 28.8. The first-order valence-electron chi connectivity index (χ1n) is 16.5. The largest absolute Gasteiger partial charge is 0.508 e. The number of halogens is 7. The maximum Gasteiger partial charge on any atom is 0.258 e. The van der Waals surface area contributed by atoms with Gasteiger partial charge in [0.2, 0.25) is 17.6 Å². The summed E-state index contributed by atoms with van der Waals surface area (Å²) in [5.41, 5.74) is -0.961. The highest BCUT2D eigenvalue weighted by atomic mass is 35.5. The number of alkyl halides is 2. The van der Waals surface area contributed by atoms with Crippen molar-refractivity contribution in [3.05, 3.63) is 136 Å². The minimum atomic E-state index is -2.76. The van der Waals surface area contributed by atoms with Gasteiger partial charge in [-0.05, 0) is 49.1 Å². The number of carbonyl (C=O) groups excluding carboxylic acids is 5. The smallest absolute Gasteiger partial charge is 0.258 e. The molecule has 0 spiro atoms. The predicted molar refractivity (Wildman–Crippen MR) is 183 cm³/mol. The van der Waals surface area contributed by atoms with E-state index in [0.717, 1.165) is 4.90 Å². The summed E-state index contributed by atoms with van der Waals surface area (Å²) >= 11 is 14.2. The number of hydrogen-bond donors (Lipinski definition) is 1. The van der Waals surface area contributed by atoms with E-state index in [9.17, 15) is 42.3 Å². The average Bonchev–Trinajstić information content (AvgIpc) is 3.51. The summed E-state index contributed by atoms with van der Waals surface area (Å²) in [7, 11) is 0. The number of fused-ring (bicyclic) bond motifs is 4.